The molecular weight excluding hydrogens is 295 g/mol. The first-order valence-electron chi connectivity index (χ1n) is 7.54. The lowest BCUT2D eigenvalue weighted by Crippen LogP contribution is -2.33. The number of carbonyl (C=O) groups excluding carboxylic acids is 1. The fourth-order valence-electron chi connectivity index (χ4n) is 3.75. The van der Waals surface area contributed by atoms with Crippen molar-refractivity contribution in [2.45, 2.75) is 38.6 Å². The van der Waals surface area contributed by atoms with Crippen LogP contribution in [0.4, 0.5) is 13.2 Å². The molecule has 3 atom stereocenters. The summed E-state index contributed by atoms with van der Waals surface area (Å²) in [4.78, 5) is 12.2. The number of rotatable bonds is 4. The monoisotopic (exact) mass is 313 g/mol. The third-order valence-electron chi connectivity index (χ3n) is 4.73. The van der Waals surface area contributed by atoms with E-state index in [1.165, 1.54) is 24.6 Å². The zero-order valence-corrected chi connectivity index (χ0v) is 12.0. The van der Waals surface area contributed by atoms with Gasteiger partial charge >= 0.3 is 6.36 Å². The molecule has 6 heteroatoms. The average Bonchev–Trinajstić information content (AvgIpc) is 3.07. The summed E-state index contributed by atoms with van der Waals surface area (Å²) in [5.41, 5.74) is 0.330. The molecule has 2 saturated carbocycles. The Kier molecular flexibility index (Phi) is 4.02. The number of amides is 1. The normalized spacial score (nSPS) is 27.0. The van der Waals surface area contributed by atoms with E-state index < -0.39 is 6.36 Å². The summed E-state index contributed by atoms with van der Waals surface area (Å²) in [6.45, 7) is 0.0545. The highest BCUT2D eigenvalue weighted by molar-refractivity contribution is 5.79. The Morgan fingerprint density at radius 3 is 2.64 bits per heavy atom. The second-order valence-corrected chi connectivity index (χ2v) is 6.15. The van der Waals surface area contributed by atoms with Crippen LogP contribution in [0.3, 0.4) is 0 Å². The lowest BCUT2D eigenvalue weighted by molar-refractivity contribution is -0.274. The van der Waals surface area contributed by atoms with E-state index in [0.717, 1.165) is 19.3 Å². The molecule has 0 aromatic heterocycles. The second kappa shape index (κ2) is 5.82. The van der Waals surface area contributed by atoms with Crippen molar-refractivity contribution in [3.63, 3.8) is 0 Å². The molecule has 1 aromatic carbocycles. The Morgan fingerprint density at radius 1 is 1.23 bits per heavy atom. The first-order valence-corrected chi connectivity index (χ1v) is 7.54. The third kappa shape index (κ3) is 3.36. The van der Waals surface area contributed by atoms with Crippen LogP contribution in [0.15, 0.2) is 24.3 Å². The number of benzene rings is 1. The van der Waals surface area contributed by atoms with E-state index in [1.807, 2.05) is 0 Å². The maximum absolute atomic E-state index is 12.4. The van der Waals surface area contributed by atoms with Crippen molar-refractivity contribution in [3.05, 3.63) is 29.8 Å². The van der Waals surface area contributed by atoms with Gasteiger partial charge in [-0.3, -0.25) is 4.79 Å². The molecule has 3 nitrogen and oxygen atoms in total. The molecule has 0 aliphatic heterocycles. The number of alkyl halides is 3. The minimum absolute atomic E-state index is 0.0226. The number of halogens is 3. The predicted octanol–water partition coefficient (Wildman–Crippen LogP) is 3.64. The molecule has 1 aromatic rings. The zero-order chi connectivity index (χ0) is 15.7. The number of para-hydroxylation sites is 1. The molecule has 2 aliphatic carbocycles. The maximum atomic E-state index is 12.4. The van der Waals surface area contributed by atoms with E-state index in [2.05, 4.69) is 10.1 Å². The van der Waals surface area contributed by atoms with Crippen LogP contribution in [0, 0.1) is 17.8 Å². The Labute approximate surface area is 126 Å². The van der Waals surface area contributed by atoms with E-state index in [-0.39, 0.29) is 24.1 Å². The molecule has 2 bridgehead atoms. The van der Waals surface area contributed by atoms with Crippen molar-refractivity contribution in [2.24, 2.45) is 17.8 Å². The van der Waals surface area contributed by atoms with Gasteiger partial charge in [-0.15, -0.1) is 13.2 Å². The number of ether oxygens (including phenoxy) is 1. The lowest BCUT2D eigenvalue weighted by atomic mass is 9.88. The summed E-state index contributed by atoms with van der Waals surface area (Å²) in [5.74, 6) is 0.819. The minimum atomic E-state index is -4.73. The number of nitrogens with one attached hydrogen (secondary N) is 1. The Balaban J connectivity index is 1.60. The molecule has 0 spiro atoms. The number of carbonyl (C=O) groups is 1. The zero-order valence-electron chi connectivity index (χ0n) is 12.0. The van der Waals surface area contributed by atoms with Crippen LogP contribution in [0.25, 0.3) is 0 Å². The fourth-order valence-corrected chi connectivity index (χ4v) is 3.75. The topological polar surface area (TPSA) is 38.3 Å². The predicted molar refractivity (Wildman–Crippen MR) is 73.9 cm³/mol. The summed E-state index contributed by atoms with van der Waals surface area (Å²) >= 11 is 0. The smallest absolute Gasteiger partial charge is 0.405 e. The molecule has 0 radical (unpaired) electrons. The maximum Gasteiger partial charge on any atom is 0.573 e. The van der Waals surface area contributed by atoms with Gasteiger partial charge in [0.05, 0.1) is 0 Å². The van der Waals surface area contributed by atoms with Crippen LogP contribution in [-0.2, 0) is 11.3 Å². The van der Waals surface area contributed by atoms with Gasteiger partial charge in [0.15, 0.2) is 0 Å². The Morgan fingerprint density at radius 2 is 2.00 bits per heavy atom. The SMILES string of the molecule is O=C(NCc1ccccc1OC(F)(F)F)C1CC2CCC1C2. The van der Waals surface area contributed by atoms with Crippen molar-refractivity contribution in [2.75, 3.05) is 0 Å². The number of hydrogen-bond acceptors (Lipinski definition) is 2. The molecule has 22 heavy (non-hydrogen) atoms. The van der Waals surface area contributed by atoms with E-state index in [0.29, 0.717) is 17.4 Å². The quantitative estimate of drug-likeness (QED) is 0.921. The summed E-state index contributed by atoms with van der Waals surface area (Å²) in [6, 6.07) is 5.89. The Bertz CT molecular complexity index is 559. The van der Waals surface area contributed by atoms with Gasteiger partial charge in [-0.1, -0.05) is 24.6 Å². The summed E-state index contributed by atoms with van der Waals surface area (Å²) in [6.07, 6.45) is -0.402. The first kappa shape index (κ1) is 15.2. The molecule has 0 heterocycles. The second-order valence-electron chi connectivity index (χ2n) is 6.15. The highest BCUT2D eigenvalue weighted by Crippen LogP contribution is 2.48. The highest BCUT2D eigenvalue weighted by atomic mass is 19.4. The van der Waals surface area contributed by atoms with Crippen LogP contribution in [-0.4, -0.2) is 12.3 Å². The average molecular weight is 313 g/mol. The molecule has 0 saturated heterocycles. The van der Waals surface area contributed by atoms with E-state index in [4.69, 9.17) is 0 Å². The third-order valence-corrected chi connectivity index (χ3v) is 4.73. The van der Waals surface area contributed by atoms with Crippen molar-refractivity contribution >= 4 is 5.91 Å². The van der Waals surface area contributed by atoms with Crippen LogP contribution in [0.5, 0.6) is 5.75 Å². The highest BCUT2D eigenvalue weighted by Gasteiger charge is 2.43. The van der Waals surface area contributed by atoms with Crippen molar-refractivity contribution in [1.82, 2.24) is 5.32 Å². The summed E-state index contributed by atoms with van der Waals surface area (Å²) in [5, 5.41) is 2.77. The van der Waals surface area contributed by atoms with Gasteiger partial charge in [-0.2, -0.15) is 0 Å². The summed E-state index contributed by atoms with van der Waals surface area (Å²) in [7, 11) is 0. The van der Waals surface area contributed by atoms with Crippen LogP contribution in [0.2, 0.25) is 0 Å². The molecule has 1 N–H and O–H groups in total. The van der Waals surface area contributed by atoms with E-state index in [1.54, 1.807) is 6.07 Å². The van der Waals surface area contributed by atoms with E-state index in [9.17, 15) is 18.0 Å². The van der Waals surface area contributed by atoms with Crippen LogP contribution >= 0.6 is 0 Å². The van der Waals surface area contributed by atoms with Crippen molar-refractivity contribution < 1.29 is 22.7 Å². The first-order chi connectivity index (χ1) is 10.4. The van der Waals surface area contributed by atoms with Crippen molar-refractivity contribution in [1.29, 1.82) is 0 Å². The molecule has 2 fully saturated rings. The van der Waals surface area contributed by atoms with Gasteiger partial charge < -0.3 is 10.1 Å². The Hall–Kier alpha value is -1.72. The van der Waals surface area contributed by atoms with Gasteiger partial charge in [0.1, 0.15) is 5.75 Å². The number of hydrogen-bond donors (Lipinski definition) is 1. The van der Waals surface area contributed by atoms with Gasteiger partial charge in [0.25, 0.3) is 0 Å². The number of fused-ring (bicyclic) bond motifs is 2. The molecular formula is C16H18F3NO2. The van der Waals surface area contributed by atoms with Gasteiger partial charge in [-0.25, -0.2) is 0 Å². The molecule has 2 aliphatic rings. The molecule has 120 valence electrons. The van der Waals surface area contributed by atoms with E-state index >= 15 is 0 Å². The molecule has 3 rings (SSSR count). The molecule has 3 unspecified atom stereocenters. The van der Waals surface area contributed by atoms with Gasteiger partial charge in [-0.05, 0) is 37.2 Å². The molecule has 1 amide bonds. The fraction of sp³-hybridized carbons (Fsp3) is 0.562. The lowest BCUT2D eigenvalue weighted by Gasteiger charge is -2.21. The van der Waals surface area contributed by atoms with Gasteiger partial charge in [0, 0.05) is 18.0 Å². The van der Waals surface area contributed by atoms with Crippen molar-refractivity contribution in [3.8, 4) is 5.75 Å². The standard InChI is InChI=1S/C16H18F3NO2/c17-16(18,19)22-14-4-2-1-3-12(14)9-20-15(21)13-8-10-5-6-11(13)7-10/h1-4,10-11,13H,5-9H2,(H,20,21). The summed E-state index contributed by atoms with van der Waals surface area (Å²) < 4.78 is 41.1. The van der Waals surface area contributed by atoms with Gasteiger partial charge in [0.2, 0.25) is 5.91 Å². The minimum Gasteiger partial charge on any atom is -0.405 e. The van der Waals surface area contributed by atoms with Crippen LogP contribution < -0.4 is 10.1 Å². The van der Waals surface area contributed by atoms with Crippen LogP contribution in [0.1, 0.15) is 31.2 Å². The largest absolute Gasteiger partial charge is 0.573 e.